The summed E-state index contributed by atoms with van der Waals surface area (Å²) < 4.78 is 1.71. The SMILES string of the molecule is CC(=O)Cc1cccc(Cn2cnc(C#N)c2N)c1.CC(C)(C)C. The first-order valence-electron chi connectivity index (χ1n) is 7.88. The highest BCUT2D eigenvalue weighted by molar-refractivity contribution is 5.78. The Kier molecular flexibility index (Phi) is 6.72. The Labute approximate surface area is 144 Å². The van der Waals surface area contributed by atoms with Crippen molar-refractivity contribution in [3.05, 3.63) is 47.4 Å². The summed E-state index contributed by atoms with van der Waals surface area (Å²) in [4.78, 5) is 15.0. The van der Waals surface area contributed by atoms with Crippen LogP contribution in [0.2, 0.25) is 0 Å². The summed E-state index contributed by atoms with van der Waals surface area (Å²) in [5.41, 5.74) is 8.54. The van der Waals surface area contributed by atoms with E-state index in [1.54, 1.807) is 17.8 Å². The Morgan fingerprint density at radius 1 is 1.29 bits per heavy atom. The molecule has 0 atom stereocenters. The van der Waals surface area contributed by atoms with E-state index in [-0.39, 0.29) is 11.5 Å². The second kappa shape index (κ2) is 8.30. The van der Waals surface area contributed by atoms with Crippen molar-refractivity contribution >= 4 is 11.6 Å². The van der Waals surface area contributed by atoms with Crippen molar-refractivity contribution in [1.29, 1.82) is 5.26 Å². The summed E-state index contributed by atoms with van der Waals surface area (Å²) in [7, 11) is 0. The van der Waals surface area contributed by atoms with Crippen molar-refractivity contribution in [1.82, 2.24) is 9.55 Å². The molecule has 0 spiro atoms. The molecule has 0 radical (unpaired) electrons. The van der Waals surface area contributed by atoms with Crippen molar-refractivity contribution in [3.63, 3.8) is 0 Å². The molecule has 0 aliphatic carbocycles. The average molecular weight is 326 g/mol. The van der Waals surface area contributed by atoms with Crippen LogP contribution < -0.4 is 5.73 Å². The van der Waals surface area contributed by atoms with Gasteiger partial charge in [0.05, 0.1) is 12.9 Å². The lowest BCUT2D eigenvalue weighted by Gasteiger charge is -2.07. The molecule has 24 heavy (non-hydrogen) atoms. The normalized spacial score (nSPS) is 10.5. The van der Waals surface area contributed by atoms with Gasteiger partial charge in [-0.3, -0.25) is 4.79 Å². The van der Waals surface area contributed by atoms with Gasteiger partial charge in [-0.1, -0.05) is 52.0 Å². The van der Waals surface area contributed by atoms with Crippen LogP contribution in [-0.2, 0) is 17.8 Å². The summed E-state index contributed by atoms with van der Waals surface area (Å²) in [6.45, 7) is 10.9. The minimum atomic E-state index is 0.131. The number of benzene rings is 1. The molecule has 0 amide bonds. The number of carbonyl (C=O) groups is 1. The number of nitriles is 1. The highest BCUT2D eigenvalue weighted by atomic mass is 16.1. The van der Waals surface area contributed by atoms with Gasteiger partial charge in [-0.05, 0) is 23.5 Å². The summed E-state index contributed by atoms with van der Waals surface area (Å²) in [6, 6.07) is 9.68. The molecule has 1 heterocycles. The first kappa shape index (κ1) is 19.4. The van der Waals surface area contributed by atoms with E-state index in [1.165, 1.54) is 0 Å². The van der Waals surface area contributed by atoms with Crippen molar-refractivity contribution in [2.24, 2.45) is 5.41 Å². The zero-order chi connectivity index (χ0) is 18.3. The van der Waals surface area contributed by atoms with Gasteiger partial charge in [0, 0.05) is 6.42 Å². The molecule has 0 unspecified atom stereocenters. The Morgan fingerprint density at radius 3 is 2.38 bits per heavy atom. The van der Waals surface area contributed by atoms with Crippen LogP contribution in [0.15, 0.2) is 30.6 Å². The number of rotatable bonds is 4. The Bertz CT molecular complexity index is 727. The van der Waals surface area contributed by atoms with Crippen LogP contribution in [0, 0.1) is 16.7 Å². The molecule has 2 aromatic rings. The molecule has 2 N–H and O–H groups in total. The average Bonchev–Trinajstić information content (AvgIpc) is 2.77. The second-order valence-electron chi connectivity index (χ2n) is 7.42. The predicted molar refractivity (Wildman–Crippen MR) is 96.4 cm³/mol. The summed E-state index contributed by atoms with van der Waals surface area (Å²) in [6.07, 6.45) is 1.97. The van der Waals surface area contributed by atoms with Gasteiger partial charge in [-0.2, -0.15) is 5.26 Å². The Balaban J connectivity index is 0.000000505. The van der Waals surface area contributed by atoms with E-state index in [9.17, 15) is 4.79 Å². The van der Waals surface area contributed by atoms with Gasteiger partial charge in [-0.25, -0.2) is 4.98 Å². The maximum atomic E-state index is 11.1. The largest absolute Gasteiger partial charge is 0.383 e. The van der Waals surface area contributed by atoms with E-state index in [2.05, 4.69) is 32.7 Å². The monoisotopic (exact) mass is 326 g/mol. The van der Waals surface area contributed by atoms with Gasteiger partial charge >= 0.3 is 0 Å². The fourth-order valence-corrected chi connectivity index (χ4v) is 1.93. The third kappa shape index (κ3) is 7.10. The standard InChI is InChI=1S/C14H14N4O.C5H12/c1-10(19)5-11-3-2-4-12(6-11)8-18-9-17-13(7-15)14(18)16;1-5(2,3)4/h2-4,6,9H,5,8,16H2,1H3;1-4H3. The smallest absolute Gasteiger partial charge is 0.182 e. The highest BCUT2D eigenvalue weighted by Gasteiger charge is 2.07. The predicted octanol–water partition coefficient (Wildman–Crippen LogP) is 3.57. The number of anilines is 1. The van der Waals surface area contributed by atoms with Crippen LogP contribution in [0.25, 0.3) is 0 Å². The molecule has 0 bridgehead atoms. The highest BCUT2D eigenvalue weighted by Crippen LogP contribution is 2.13. The van der Waals surface area contributed by atoms with Crippen molar-refractivity contribution in [2.45, 2.75) is 47.6 Å². The lowest BCUT2D eigenvalue weighted by molar-refractivity contribution is -0.116. The number of aromatic nitrogens is 2. The van der Waals surface area contributed by atoms with Crippen LogP contribution in [0.4, 0.5) is 5.82 Å². The van der Waals surface area contributed by atoms with E-state index >= 15 is 0 Å². The number of nitrogens with two attached hydrogens (primary N) is 1. The first-order chi connectivity index (χ1) is 11.1. The van der Waals surface area contributed by atoms with Crippen LogP contribution in [0.5, 0.6) is 0 Å². The number of nitrogen functional groups attached to an aromatic ring is 1. The van der Waals surface area contributed by atoms with Crippen LogP contribution in [-0.4, -0.2) is 15.3 Å². The maximum absolute atomic E-state index is 11.1. The molecule has 0 saturated carbocycles. The van der Waals surface area contributed by atoms with Crippen LogP contribution in [0.1, 0.15) is 51.4 Å². The lowest BCUT2D eigenvalue weighted by Crippen LogP contribution is -2.04. The molecule has 5 heteroatoms. The first-order valence-corrected chi connectivity index (χ1v) is 7.88. The zero-order valence-electron chi connectivity index (χ0n) is 15.1. The van der Waals surface area contributed by atoms with Crippen molar-refractivity contribution in [3.8, 4) is 6.07 Å². The quantitative estimate of drug-likeness (QED) is 0.930. The molecule has 1 aromatic heterocycles. The van der Waals surface area contributed by atoms with Gasteiger partial charge in [0.25, 0.3) is 0 Å². The minimum absolute atomic E-state index is 0.131. The molecule has 0 aliphatic heterocycles. The number of carbonyl (C=O) groups excluding carboxylic acids is 1. The molecule has 2 rings (SSSR count). The third-order valence-corrected chi connectivity index (χ3v) is 2.78. The number of ketones is 1. The van der Waals surface area contributed by atoms with Crippen LogP contribution >= 0.6 is 0 Å². The number of imidazole rings is 1. The molecule has 0 aliphatic rings. The van der Waals surface area contributed by atoms with E-state index in [4.69, 9.17) is 11.0 Å². The third-order valence-electron chi connectivity index (χ3n) is 2.78. The van der Waals surface area contributed by atoms with E-state index in [0.29, 0.717) is 24.2 Å². The number of Topliss-reactive ketones (excluding diaryl/α,β-unsaturated/α-hetero) is 1. The van der Waals surface area contributed by atoms with Gasteiger partial charge < -0.3 is 10.3 Å². The molecule has 0 fully saturated rings. The number of nitrogens with zero attached hydrogens (tertiary/aromatic N) is 3. The molecular formula is C19H26N4O. The Morgan fingerprint density at radius 2 is 1.88 bits per heavy atom. The lowest BCUT2D eigenvalue weighted by atomic mass is 10.0. The minimum Gasteiger partial charge on any atom is -0.383 e. The fraction of sp³-hybridized carbons (Fsp3) is 0.421. The maximum Gasteiger partial charge on any atom is 0.182 e. The molecule has 0 saturated heterocycles. The summed E-state index contributed by atoms with van der Waals surface area (Å²) in [5, 5.41) is 8.80. The number of hydrogen-bond acceptors (Lipinski definition) is 4. The van der Waals surface area contributed by atoms with E-state index < -0.39 is 0 Å². The molecule has 5 nitrogen and oxygen atoms in total. The van der Waals surface area contributed by atoms with E-state index in [1.807, 2.05) is 30.3 Å². The van der Waals surface area contributed by atoms with Crippen molar-refractivity contribution in [2.75, 3.05) is 5.73 Å². The van der Waals surface area contributed by atoms with Crippen LogP contribution in [0.3, 0.4) is 0 Å². The molecule has 1 aromatic carbocycles. The number of hydrogen-bond donors (Lipinski definition) is 1. The Hall–Kier alpha value is -2.61. The van der Waals surface area contributed by atoms with Gasteiger partial charge in [0.15, 0.2) is 5.69 Å². The van der Waals surface area contributed by atoms with Gasteiger partial charge in [-0.15, -0.1) is 0 Å². The summed E-state index contributed by atoms with van der Waals surface area (Å²) >= 11 is 0. The van der Waals surface area contributed by atoms with Crippen molar-refractivity contribution < 1.29 is 4.79 Å². The van der Waals surface area contributed by atoms with E-state index in [0.717, 1.165) is 11.1 Å². The topological polar surface area (TPSA) is 84.7 Å². The molecular weight excluding hydrogens is 300 g/mol. The fourth-order valence-electron chi connectivity index (χ4n) is 1.93. The summed E-state index contributed by atoms with van der Waals surface area (Å²) in [5.74, 6) is 0.491. The molecule has 128 valence electrons. The van der Waals surface area contributed by atoms with Gasteiger partial charge in [0.2, 0.25) is 0 Å². The zero-order valence-corrected chi connectivity index (χ0v) is 15.1. The van der Waals surface area contributed by atoms with Gasteiger partial charge in [0.1, 0.15) is 17.7 Å². The second-order valence-corrected chi connectivity index (χ2v) is 7.42.